The van der Waals surface area contributed by atoms with Gasteiger partial charge in [0.1, 0.15) is 0 Å². The van der Waals surface area contributed by atoms with Gasteiger partial charge in [-0.15, -0.1) is 0 Å². The third-order valence-corrected chi connectivity index (χ3v) is 3.18. The van der Waals surface area contributed by atoms with Gasteiger partial charge >= 0.3 is 11.2 Å². The highest BCUT2D eigenvalue weighted by molar-refractivity contribution is 7.93. The second-order valence-electron chi connectivity index (χ2n) is 2.49. The van der Waals surface area contributed by atoms with E-state index in [9.17, 15) is 22.0 Å². The molecule has 0 aromatic heterocycles. The standard InChI is InChI=1S/C6H10F2O5S/c1-13-3-2-4-14(11,12)6(7,8)5(9)10/h2-4H2,1H3,(H,9,10). The van der Waals surface area contributed by atoms with Gasteiger partial charge in [-0.05, 0) is 6.42 Å². The minimum Gasteiger partial charge on any atom is -0.476 e. The van der Waals surface area contributed by atoms with Gasteiger partial charge in [0.2, 0.25) is 9.84 Å². The number of carboxylic acids is 1. The molecule has 0 aromatic rings. The molecule has 0 amide bonds. The first kappa shape index (κ1) is 13.2. The van der Waals surface area contributed by atoms with Crippen LogP contribution in [0.4, 0.5) is 8.78 Å². The van der Waals surface area contributed by atoms with E-state index in [-0.39, 0.29) is 13.0 Å². The Morgan fingerprint density at radius 3 is 2.36 bits per heavy atom. The first-order chi connectivity index (χ1) is 6.25. The third-order valence-electron chi connectivity index (χ3n) is 1.40. The van der Waals surface area contributed by atoms with Crippen molar-refractivity contribution in [2.24, 2.45) is 0 Å². The fraction of sp³-hybridized carbons (Fsp3) is 0.833. The van der Waals surface area contributed by atoms with Crippen LogP contribution in [-0.4, -0.2) is 44.2 Å². The Kier molecular flexibility index (Phi) is 4.40. The molecule has 5 nitrogen and oxygen atoms in total. The topological polar surface area (TPSA) is 80.7 Å². The van der Waals surface area contributed by atoms with E-state index < -0.39 is 26.8 Å². The maximum absolute atomic E-state index is 12.5. The molecule has 0 saturated carbocycles. The number of ether oxygens (including phenoxy) is 1. The number of carbonyl (C=O) groups is 1. The summed E-state index contributed by atoms with van der Waals surface area (Å²) in [6.45, 7) is -0.0189. The van der Waals surface area contributed by atoms with E-state index >= 15 is 0 Å². The van der Waals surface area contributed by atoms with Crippen LogP contribution in [0.15, 0.2) is 0 Å². The molecule has 0 saturated heterocycles. The van der Waals surface area contributed by atoms with Gasteiger partial charge in [-0.1, -0.05) is 0 Å². The van der Waals surface area contributed by atoms with Gasteiger partial charge in [0.15, 0.2) is 0 Å². The first-order valence-corrected chi connectivity index (χ1v) is 5.23. The molecule has 0 aromatic carbocycles. The summed E-state index contributed by atoms with van der Waals surface area (Å²) in [4.78, 5) is 9.94. The molecule has 0 aliphatic heterocycles. The van der Waals surface area contributed by atoms with E-state index in [4.69, 9.17) is 5.11 Å². The molecule has 8 heteroatoms. The maximum atomic E-state index is 12.5. The zero-order chi connectivity index (χ0) is 11.4. The van der Waals surface area contributed by atoms with E-state index in [0.29, 0.717) is 0 Å². The highest BCUT2D eigenvalue weighted by Gasteiger charge is 2.52. The molecule has 0 aliphatic carbocycles. The molecular formula is C6H10F2O5S. The second kappa shape index (κ2) is 4.65. The predicted molar refractivity (Wildman–Crippen MR) is 42.9 cm³/mol. The van der Waals surface area contributed by atoms with Crippen LogP contribution in [0.3, 0.4) is 0 Å². The lowest BCUT2D eigenvalue weighted by Crippen LogP contribution is -2.39. The lowest BCUT2D eigenvalue weighted by atomic mass is 10.5. The summed E-state index contributed by atoms with van der Waals surface area (Å²) in [7, 11) is -3.66. The smallest absolute Gasteiger partial charge is 0.439 e. The van der Waals surface area contributed by atoms with Gasteiger partial charge in [-0.25, -0.2) is 13.2 Å². The van der Waals surface area contributed by atoms with E-state index in [2.05, 4.69) is 4.74 Å². The Morgan fingerprint density at radius 2 is 2.00 bits per heavy atom. The molecule has 84 valence electrons. The summed E-state index contributed by atoms with van der Waals surface area (Å²) in [5, 5.41) is 3.25. The van der Waals surface area contributed by atoms with Gasteiger partial charge in [-0.3, -0.25) is 0 Å². The fourth-order valence-corrected chi connectivity index (χ4v) is 1.67. The zero-order valence-electron chi connectivity index (χ0n) is 7.37. The fourth-order valence-electron chi connectivity index (χ4n) is 0.654. The third kappa shape index (κ3) is 2.88. The largest absolute Gasteiger partial charge is 0.476 e. The van der Waals surface area contributed by atoms with Gasteiger partial charge in [0.25, 0.3) is 0 Å². The summed E-state index contributed by atoms with van der Waals surface area (Å²) >= 11 is 0. The van der Waals surface area contributed by atoms with Crippen LogP contribution >= 0.6 is 0 Å². The normalized spacial score (nSPS) is 12.8. The molecule has 0 spiro atoms. The minimum absolute atomic E-state index is 0.0189. The first-order valence-electron chi connectivity index (χ1n) is 3.58. The number of aliphatic carboxylic acids is 1. The van der Waals surface area contributed by atoms with Crippen molar-refractivity contribution in [3.05, 3.63) is 0 Å². The number of hydrogen-bond acceptors (Lipinski definition) is 4. The zero-order valence-corrected chi connectivity index (χ0v) is 8.18. The molecule has 0 radical (unpaired) electrons. The van der Waals surface area contributed by atoms with Crippen LogP contribution in [0.2, 0.25) is 0 Å². The number of halogens is 2. The molecule has 0 aliphatic rings. The van der Waals surface area contributed by atoms with Gasteiger partial charge in [-0.2, -0.15) is 8.78 Å². The van der Waals surface area contributed by atoms with Gasteiger partial charge in [0, 0.05) is 13.7 Å². The molecule has 0 fully saturated rings. The lowest BCUT2D eigenvalue weighted by Gasteiger charge is -2.11. The van der Waals surface area contributed by atoms with E-state index in [1.807, 2.05) is 0 Å². The van der Waals surface area contributed by atoms with Crippen molar-refractivity contribution in [3.8, 4) is 0 Å². The molecule has 1 N–H and O–H groups in total. The monoisotopic (exact) mass is 232 g/mol. The van der Waals surface area contributed by atoms with E-state index in [1.54, 1.807) is 0 Å². The van der Waals surface area contributed by atoms with Crippen molar-refractivity contribution in [2.45, 2.75) is 11.7 Å². The summed E-state index contributed by atoms with van der Waals surface area (Å²) < 4.78 is 51.1. The van der Waals surface area contributed by atoms with Crippen LogP contribution in [0, 0.1) is 0 Å². The molecule has 0 unspecified atom stereocenters. The van der Waals surface area contributed by atoms with Crippen molar-refractivity contribution in [1.82, 2.24) is 0 Å². The predicted octanol–water partition coefficient (Wildman–Crippen LogP) is 0.115. The lowest BCUT2D eigenvalue weighted by molar-refractivity contribution is -0.153. The maximum Gasteiger partial charge on any atom is 0.439 e. The summed E-state index contributed by atoms with van der Waals surface area (Å²) in [6.07, 6.45) is -0.165. The Hall–Kier alpha value is -0.760. The average molecular weight is 232 g/mol. The van der Waals surface area contributed by atoms with Gasteiger partial charge in [0.05, 0.1) is 5.75 Å². The van der Waals surface area contributed by atoms with Crippen molar-refractivity contribution in [3.63, 3.8) is 0 Å². The number of methoxy groups -OCH3 is 1. The van der Waals surface area contributed by atoms with Crippen molar-refractivity contribution < 1.29 is 31.8 Å². The van der Waals surface area contributed by atoms with Gasteiger partial charge < -0.3 is 9.84 Å². The minimum atomic E-state index is -4.94. The molecule has 14 heavy (non-hydrogen) atoms. The number of carboxylic acid groups (broad SMARTS) is 1. The Labute approximate surface area is 79.6 Å². The van der Waals surface area contributed by atoms with Crippen molar-refractivity contribution in [1.29, 1.82) is 0 Å². The van der Waals surface area contributed by atoms with Crippen molar-refractivity contribution >= 4 is 15.8 Å². The molecule has 0 bridgehead atoms. The number of sulfone groups is 1. The van der Waals surface area contributed by atoms with Crippen LogP contribution in [0.25, 0.3) is 0 Å². The molecule has 0 atom stereocenters. The number of alkyl halides is 2. The summed E-state index contributed by atoms with van der Waals surface area (Å²) in [5.41, 5.74) is 0. The summed E-state index contributed by atoms with van der Waals surface area (Å²) in [6, 6.07) is 0. The Balaban J connectivity index is 4.55. The molecule has 0 heterocycles. The Morgan fingerprint density at radius 1 is 1.50 bits per heavy atom. The van der Waals surface area contributed by atoms with Crippen LogP contribution in [-0.2, 0) is 19.4 Å². The molecule has 0 rings (SSSR count). The molecular weight excluding hydrogens is 222 g/mol. The summed E-state index contributed by atoms with van der Waals surface area (Å²) in [5.74, 6) is -3.57. The van der Waals surface area contributed by atoms with E-state index in [0.717, 1.165) is 0 Å². The second-order valence-corrected chi connectivity index (χ2v) is 4.64. The average Bonchev–Trinajstić information content (AvgIpc) is 2.04. The highest BCUT2D eigenvalue weighted by atomic mass is 32.2. The van der Waals surface area contributed by atoms with Crippen LogP contribution in [0.1, 0.15) is 6.42 Å². The van der Waals surface area contributed by atoms with E-state index in [1.165, 1.54) is 7.11 Å². The quantitative estimate of drug-likeness (QED) is 0.657. The number of hydrogen-bond donors (Lipinski definition) is 1. The Bertz CT molecular complexity index is 297. The SMILES string of the molecule is COCCCS(=O)(=O)C(F)(F)C(=O)O. The van der Waals surface area contributed by atoms with Crippen LogP contribution < -0.4 is 0 Å². The number of rotatable bonds is 6. The van der Waals surface area contributed by atoms with Crippen LogP contribution in [0.5, 0.6) is 0 Å². The van der Waals surface area contributed by atoms with Crippen molar-refractivity contribution in [2.75, 3.05) is 19.5 Å². The highest BCUT2D eigenvalue weighted by Crippen LogP contribution is 2.23.